The number of nitrogens with one attached hydrogen (secondary N) is 1. The summed E-state index contributed by atoms with van der Waals surface area (Å²) in [6, 6.07) is 19.7. The van der Waals surface area contributed by atoms with Crippen LogP contribution in [0.2, 0.25) is 0 Å². The van der Waals surface area contributed by atoms with Gasteiger partial charge in [0.1, 0.15) is 18.2 Å². The average molecular weight is 430 g/mol. The van der Waals surface area contributed by atoms with E-state index in [1.54, 1.807) is 0 Å². The van der Waals surface area contributed by atoms with Crippen molar-refractivity contribution in [3.05, 3.63) is 72.4 Å². The second kappa shape index (κ2) is 8.78. The monoisotopic (exact) mass is 429 g/mol. The fraction of sp³-hybridized carbons (Fsp3) is 0.280. The minimum Gasteiger partial charge on any atom is -0.490 e. The van der Waals surface area contributed by atoms with Crippen molar-refractivity contribution in [3.63, 3.8) is 0 Å². The highest BCUT2D eigenvalue weighted by molar-refractivity contribution is 6.05. The number of hydrogen-bond acceptors (Lipinski definition) is 6. The van der Waals surface area contributed by atoms with E-state index in [1.807, 2.05) is 55.7 Å². The molecular formula is C25H27N5O2. The van der Waals surface area contributed by atoms with Crippen LogP contribution in [0.1, 0.15) is 10.4 Å². The summed E-state index contributed by atoms with van der Waals surface area (Å²) < 4.78 is 5.72. The van der Waals surface area contributed by atoms with Crippen LogP contribution in [0, 0.1) is 0 Å². The van der Waals surface area contributed by atoms with Gasteiger partial charge in [-0.3, -0.25) is 4.79 Å². The molecule has 0 radical (unpaired) electrons. The molecule has 0 saturated carbocycles. The van der Waals surface area contributed by atoms with Gasteiger partial charge in [0.05, 0.1) is 12.2 Å². The van der Waals surface area contributed by atoms with Gasteiger partial charge in [-0.1, -0.05) is 6.07 Å². The highest BCUT2D eigenvalue weighted by Gasteiger charge is 2.19. The SMILES string of the molecule is CN1CCOc2cc(C(=O)Nc3ccc(N4CCN(c5ccccn5)CC4)cc3)ccc21. The number of likely N-dealkylation sites (N-methyl/N-ethyl adjacent to an activating group) is 1. The summed E-state index contributed by atoms with van der Waals surface area (Å²) in [7, 11) is 2.03. The van der Waals surface area contributed by atoms with Gasteiger partial charge < -0.3 is 24.8 Å². The zero-order valence-electron chi connectivity index (χ0n) is 18.2. The normalized spacial score (nSPS) is 15.7. The van der Waals surface area contributed by atoms with E-state index < -0.39 is 0 Å². The quantitative estimate of drug-likeness (QED) is 0.685. The maximum absolute atomic E-state index is 12.7. The van der Waals surface area contributed by atoms with Crippen LogP contribution in [0.25, 0.3) is 0 Å². The first-order valence-electron chi connectivity index (χ1n) is 11.0. The second-order valence-electron chi connectivity index (χ2n) is 8.12. The summed E-state index contributed by atoms with van der Waals surface area (Å²) in [5.74, 6) is 1.65. The number of carbonyl (C=O) groups excluding carboxylic acids is 1. The lowest BCUT2D eigenvalue weighted by Crippen LogP contribution is -2.46. The Bertz CT molecular complexity index is 1080. The number of amides is 1. The Morgan fingerprint density at radius 3 is 2.47 bits per heavy atom. The maximum atomic E-state index is 12.7. The van der Waals surface area contributed by atoms with Gasteiger partial charge in [-0.2, -0.15) is 0 Å². The zero-order valence-corrected chi connectivity index (χ0v) is 18.2. The molecule has 2 aliphatic rings. The molecule has 5 rings (SSSR count). The van der Waals surface area contributed by atoms with Gasteiger partial charge in [0.2, 0.25) is 0 Å². The van der Waals surface area contributed by atoms with Crippen molar-refractivity contribution in [3.8, 4) is 5.75 Å². The van der Waals surface area contributed by atoms with Gasteiger partial charge >= 0.3 is 0 Å². The second-order valence-corrected chi connectivity index (χ2v) is 8.12. The molecule has 164 valence electrons. The molecule has 0 atom stereocenters. The zero-order chi connectivity index (χ0) is 21.9. The Morgan fingerprint density at radius 1 is 0.938 bits per heavy atom. The first kappa shape index (κ1) is 20.2. The van der Waals surface area contributed by atoms with Gasteiger partial charge in [-0.15, -0.1) is 0 Å². The molecule has 0 bridgehead atoms. The molecule has 1 fully saturated rings. The number of nitrogens with zero attached hydrogens (tertiary/aromatic N) is 4. The molecule has 1 saturated heterocycles. The van der Waals surface area contributed by atoms with E-state index in [2.05, 4.69) is 43.2 Å². The van der Waals surface area contributed by atoms with Gasteiger partial charge in [0.25, 0.3) is 5.91 Å². The molecule has 0 spiro atoms. The predicted octanol–water partition coefficient (Wildman–Crippen LogP) is 3.49. The number of pyridine rings is 1. The van der Waals surface area contributed by atoms with Crippen LogP contribution >= 0.6 is 0 Å². The van der Waals surface area contributed by atoms with Crippen molar-refractivity contribution in [2.45, 2.75) is 0 Å². The van der Waals surface area contributed by atoms with Crippen LogP contribution in [0.4, 0.5) is 22.9 Å². The maximum Gasteiger partial charge on any atom is 0.255 e. The Morgan fingerprint density at radius 2 is 1.72 bits per heavy atom. The lowest BCUT2D eigenvalue weighted by molar-refractivity contribution is 0.102. The molecule has 1 N–H and O–H groups in total. The molecule has 0 aliphatic carbocycles. The summed E-state index contributed by atoms with van der Waals surface area (Å²) in [4.78, 5) is 24.0. The van der Waals surface area contributed by atoms with E-state index in [0.717, 1.165) is 61.4 Å². The summed E-state index contributed by atoms with van der Waals surface area (Å²) >= 11 is 0. The summed E-state index contributed by atoms with van der Waals surface area (Å²) in [5.41, 5.74) is 3.55. The summed E-state index contributed by atoms with van der Waals surface area (Å²) in [6.45, 7) is 5.23. The number of benzene rings is 2. The molecule has 1 aromatic heterocycles. The van der Waals surface area contributed by atoms with E-state index in [-0.39, 0.29) is 5.91 Å². The molecule has 3 aromatic rings. The lowest BCUT2D eigenvalue weighted by atomic mass is 10.1. The van der Waals surface area contributed by atoms with Gasteiger partial charge in [-0.25, -0.2) is 4.98 Å². The standard InChI is InChI=1S/C25H27N5O2/c1-28-16-17-32-23-18-19(5-10-22(23)28)25(31)27-20-6-8-21(9-7-20)29-12-14-30(15-13-29)24-4-2-3-11-26-24/h2-11,18H,12-17H2,1H3,(H,27,31). The number of carbonyl (C=O) groups is 1. The third-order valence-corrected chi connectivity index (χ3v) is 6.06. The van der Waals surface area contributed by atoms with E-state index in [9.17, 15) is 4.79 Å². The third-order valence-electron chi connectivity index (χ3n) is 6.06. The average Bonchev–Trinajstić information content (AvgIpc) is 2.85. The van der Waals surface area contributed by atoms with Crippen LogP contribution in [0.5, 0.6) is 5.75 Å². The number of hydrogen-bond donors (Lipinski definition) is 1. The van der Waals surface area contributed by atoms with E-state index in [0.29, 0.717) is 12.2 Å². The van der Waals surface area contributed by atoms with E-state index in [1.165, 1.54) is 0 Å². The van der Waals surface area contributed by atoms with Gasteiger partial charge in [-0.05, 0) is 54.6 Å². The van der Waals surface area contributed by atoms with Crippen LogP contribution in [0.15, 0.2) is 66.9 Å². The smallest absolute Gasteiger partial charge is 0.255 e. The molecule has 0 unspecified atom stereocenters. The molecule has 3 heterocycles. The molecule has 2 aliphatic heterocycles. The molecule has 32 heavy (non-hydrogen) atoms. The van der Waals surface area contributed by atoms with Crippen molar-refractivity contribution in [2.75, 3.05) is 66.4 Å². The fourth-order valence-corrected chi connectivity index (χ4v) is 4.19. The van der Waals surface area contributed by atoms with Crippen molar-refractivity contribution in [1.29, 1.82) is 0 Å². The number of piperazine rings is 1. The topological polar surface area (TPSA) is 60.9 Å². The Hall–Kier alpha value is -3.74. The van der Waals surface area contributed by atoms with Gasteiger partial charge in [0, 0.05) is 56.4 Å². The molecular weight excluding hydrogens is 402 g/mol. The number of rotatable bonds is 4. The van der Waals surface area contributed by atoms with Crippen LogP contribution < -0.4 is 24.8 Å². The van der Waals surface area contributed by atoms with Crippen molar-refractivity contribution >= 4 is 28.8 Å². The fourth-order valence-electron chi connectivity index (χ4n) is 4.19. The number of anilines is 4. The highest BCUT2D eigenvalue weighted by Crippen LogP contribution is 2.31. The molecule has 2 aromatic carbocycles. The van der Waals surface area contributed by atoms with E-state index in [4.69, 9.17) is 4.74 Å². The summed E-state index contributed by atoms with van der Waals surface area (Å²) in [6.07, 6.45) is 1.84. The Kier molecular flexibility index (Phi) is 5.54. The molecule has 1 amide bonds. The highest BCUT2D eigenvalue weighted by atomic mass is 16.5. The molecule has 7 nitrogen and oxygen atoms in total. The third kappa shape index (κ3) is 4.19. The first-order chi connectivity index (χ1) is 15.7. The lowest BCUT2D eigenvalue weighted by Gasteiger charge is -2.36. The molecule has 7 heteroatoms. The van der Waals surface area contributed by atoms with Crippen LogP contribution in [-0.4, -0.2) is 57.3 Å². The number of ether oxygens (including phenoxy) is 1. The largest absolute Gasteiger partial charge is 0.490 e. The van der Waals surface area contributed by atoms with Crippen LogP contribution in [0.3, 0.4) is 0 Å². The van der Waals surface area contributed by atoms with Gasteiger partial charge in [0.15, 0.2) is 0 Å². The number of aromatic nitrogens is 1. The Labute approximate surface area is 188 Å². The Balaban J connectivity index is 1.20. The summed E-state index contributed by atoms with van der Waals surface area (Å²) in [5, 5.41) is 2.99. The van der Waals surface area contributed by atoms with E-state index >= 15 is 0 Å². The van der Waals surface area contributed by atoms with Crippen molar-refractivity contribution in [2.24, 2.45) is 0 Å². The predicted molar refractivity (Wildman–Crippen MR) is 128 cm³/mol. The minimum absolute atomic E-state index is 0.138. The first-order valence-corrected chi connectivity index (χ1v) is 11.0. The minimum atomic E-state index is -0.138. The van der Waals surface area contributed by atoms with Crippen molar-refractivity contribution < 1.29 is 9.53 Å². The van der Waals surface area contributed by atoms with Crippen LogP contribution in [-0.2, 0) is 0 Å². The number of fused-ring (bicyclic) bond motifs is 1. The van der Waals surface area contributed by atoms with Crippen molar-refractivity contribution in [1.82, 2.24) is 4.98 Å².